The Kier molecular flexibility index (Phi) is 4.19. The molecule has 1 aromatic heterocycles. The first kappa shape index (κ1) is 14.4. The van der Waals surface area contributed by atoms with Crippen molar-refractivity contribution >= 4 is 10.8 Å². The fourth-order valence-corrected chi connectivity index (χ4v) is 3.17. The van der Waals surface area contributed by atoms with Gasteiger partial charge >= 0.3 is 0 Å². The molecule has 1 saturated heterocycles. The molecule has 1 N–H and O–H groups in total. The molecule has 2 aromatic rings. The van der Waals surface area contributed by atoms with Gasteiger partial charge in [0.15, 0.2) is 0 Å². The first-order chi connectivity index (χ1) is 10.1. The van der Waals surface area contributed by atoms with Crippen LogP contribution in [0, 0.1) is 0 Å². The summed E-state index contributed by atoms with van der Waals surface area (Å²) in [6.45, 7) is 3.17. The molecule has 4 nitrogen and oxygen atoms in total. The SMILES string of the molecule is CN1CCN(C)C(CC(O)c2cccc3ccncc23)C1. The largest absolute Gasteiger partial charge is 0.388 e. The van der Waals surface area contributed by atoms with E-state index in [9.17, 15) is 5.11 Å². The van der Waals surface area contributed by atoms with Crippen LogP contribution >= 0.6 is 0 Å². The van der Waals surface area contributed by atoms with Gasteiger partial charge in [-0.05, 0) is 37.5 Å². The zero-order chi connectivity index (χ0) is 14.8. The number of piperazine rings is 1. The summed E-state index contributed by atoms with van der Waals surface area (Å²) in [5.74, 6) is 0. The topological polar surface area (TPSA) is 39.6 Å². The maximum atomic E-state index is 10.7. The lowest BCUT2D eigenvalue weighted by Gasteiger charge is -2.38. The molecule has 4 heteroatoms. The van der Waals surface area contributed by atoms with Crippen molar-refractivity contribution in [3.8, 4) is 0 Å². The summed E-state index contributed by atoms with van der Waals surface area (Å²) in [4.78, 5) is 8.89. The summed E-state index contributed by atoms with van der Waals surface area (Å²) in [7, 11) is 4.29. The van der Waals surface area contributed by atoms with E-state index in [0.29, 0.717) is 6.04 Å². The highest BCUT2D eigenvalue weighted by Gasteiger charge is 2.25. The number of hydrogen-bond donors (Lipinski definition) is 1. The third kappa shape index (κ3) is 3.07. The third-order valence-electron chi connectivity index (χ3n) is 4.55. The van der Waals surface area contributed by atoms with Crippen LogP contribution in [0.2, 0.25) is 0 Å². The van der Waals surface area contributed by atoms with Gasteiger partial charge in [0.05, 0.1) is 6.10 Å². The van der Waals surface area contributed by atoms with E-state index in [1.165, 1.54) is 0 Å². The predicted octanol–water partition coefficient (Wildman–Crippen LogP) is 1.90. The van der Waals surface area contributed by atoms with E-state index in [4.69, 9.17) is 0 Å². The summed E-state index contributed by atoms with van der Waals surface area (Å²) >= 11 is 0. The van der Waals surface area contributed by atoms with E-state index in [0.717, 1.165) is 42.4 Å². The molecule has 2 heterocycles. The number of aliphatic hydroxyl groups excluding tert-OH is 1. The lowest BCUT2D eigenvalue weighted by Crippen LogP contribution is -2.50. The van der Waals surface area contributed by atoms with E-state index >= 15 is 0 Å². The van der Waals surface area contributed by atoms with Crippen molar-refractivity contribution in [3.05, 3.63) is 42.2 Å². The van der Waals surface area contributed by atoms with Gasteiger partial charge in [0.2, 0.25) is 0 Å². The Balaban J connectivity index is 1.82. The summed E-state index contributed by atoms with van der Waals surface area (Å²) in [6.07, 6.45) is 3.96. The predicted molar refractivity (Wildman–Crippen MR) is 85.2 cm³/mol. The lowest BCUT2D eigenvalue weighted by molar-refractivity contribution is 0.0640. The van der Waals surface area contributed by atoms with Crippen LogP contribution in [0.1, 0.15) is 18.1 Å². The van der Waals surface area contributed by atoms with E-state index in [1.807, 2.05) is 24.4 Å². The average molecular weight is 285 g/mol. The molecule has 1 aromatic carbocycles. The molecule has 112 valence electrons. The van der Waals surface area contributed by atoms with Gasteiger partial charge in [0.1, 0.15) is 0 Å². The summed E-state index contributed by atoms with van der Waals surface area (Å²) in [5.41, 5.74) is 0.988. The van der Waals surface area contributed by atoms with Crippen LogP contribution in [-0.2, 0) is 0 Å². The molecule has 0 saturated carbocycles. The second kappa shape index (κ2) is 6.10. The van der Waals surface area contributed by atoms with Crippen LogP contribution < -0.4 is 0 Å². The normalized spacial score (nSPS) is 22.5. The minimum Gasteiger partial charge on any atom is -0.388 e. The van der Waals surface area contributed by atoms with Crippen molar-refractivity contribution in [2.24, 2.45) is 0 Å². The Morgan fingerprint density at radius 3 is 3.00 bits per heavy atom. The fourth-order valence-electron chi connectivity index (χ4n) is 3.17. The van der Waals surface area contributed by atoms with E-state index in [1.54, 1.807) is 6.20 Å². The van der Waals surface area contributed by atoms with Crippen molar-refractivity contribution in [2.45, 2.75) is 18.6 Å². The number of rotatable bonds is 3. The highest BCUT2D eigenvalue weighted by atomic mass is 16.3. The quantitative estimate of drug-likeness (QED) is 0.935. The number of likely N-dealkylation sites (N-methyl/N-ethyl adjacent to an activating group) is 2. The van der Waals surface area contributed by atoms with Crippen LogP contribution in [0.5, 0.6) is 0 Å². The van der Waals surface area contributed by atoms with Crippen LogP contribution in [0.25, 0.3) is 10.8 Å². The van der Waals surface area contributed by atoms with Gasteiger partial charge in [-0.3, -0.25) is 4.98 Å². The number of hydrogen-bond acceptors (Lipinski definition) is 4. The molecule has 0 amide bonds. The van der Waals surface area contributed by atoms with E-state index in [-0.39, 0.29) is 0 Å². The van der Waals surface area contributed by atoms with Crippen molar-refractivity contribution in [3.63, 3.8) is 0 Å². The van der Waals surface area contributed by atoms with Crippen LogP contribution in [0.3, 0.4) is 0 Å². The Labute approximate surface area is 126 Å². The molecule has 0 bridgehead atoms. The number of benzene rings is 1. The number of fused-ring (bicyclic) bond motifs is 1. The lowest BCUT2D eigenvalue weighted by atomic mass is 9.96. The second-order valence-corrected chi connectivity index (χ2v) is 6.09. The van der Waals surface area contributed by atoms with Crippen molar-refractivity contribution < 1.29 is 5.11 Å². The highest BCUT2D eigenvalue weighted by molar-refractivity contribution is 5.85. The number of aliphatic hydroxyl groups is 1. The molecule has 2 unspecified atom stereocenters. The minimum absolute atomic E-state index is 0.394. The van der Waals surface area contributed by atoms with Gasteiger partial charge in [-0.2, -0.15) is 0 Å². The Bertz CT molecular complexity index is 611. The van der Waals surface area contributed by atoms with Gasteiger partial charge in [0, 0.05) is 43.5 Å². The van der Waals surface area contributed by atoms with Crippen molar-refractivity contribution in [1.29, 1.82) is 0 Å². The summed E-state index contributed by atoms with van der Waals surface area (Å²) in [5, 5.41) is 12.9. The van der Waals surface area contributed by atoms with Gasteiger partial charge in [-0.15, -0.1) is 0 Å². The maximum absolute atomic E-state index is 10.7. The first-order valence-electron chi connectivity index (χ1n) is 7.54. The number of nitrogens with zero attached hydrogens (tertiary/aromatic N) is 3. The molecule has 21 heavy (non-hydrogen) atoms. The standard InChI is InChI=1S/C17H23N3O/c1-19-8-9-20(2)14(12-19)10-17(21)15-5-3-4-13-6-7-18-11-16(13)15/h3-7,11,14,17,21H,8-10,12H2,1-2H3. The smallest absolute Gasteiger partial charge is 0.0812 e. The zero-order valence-electron chi connectivity index (χ0n) is 12.7. The Hall–Kier alpha value is -1.49. The first-order valence-corrected chi connectivity index (χ1v) is 7.54. The molecular formula is C17H23N3O. The maximum Gasteiger partial charge on any atom is 0.0812 e. The van der Waals surface area contributed by atoms with Gasteiger partial charge < -0.3 is 14.9 Å². The van der Waals surface area contributed by atoms with Gasteiger partial charge in [-0.25, -0.2) is 0 Å². The minimum atomic E-state index is -0.447. The zero-order valence-corrected chi connectivity index (χ0v) is 12.7. The second-order valence-electron chi connectivity index (χ2n) is 6.09. The van der Waals surface area contributed by atoms with Gasteiger partial charge in [0.25, 0.3) is 0 Å². The number of pyridine rings is 1. The third-order valence-corrected chi connectivity index (χ3v) is 4.55. The molecule has 1 aliphatic heterocycles. The van der Waals surface area contributed by atoms with Crippen molar-refractivity contribution in [2.75, 3.05) is 33.7 Å². The Morgan fingerprint density at radius 1 is 1.29 bits per heavy atom. The molecule has 2 atom stereocenters. The van der Waals surface area contributed by atoms with Crippen molar-refractivity contribution in [1.82, 2.24) is 14.8 Å². The highest BCUT2D eigenvalue weighted by Crippen LogP contribution is 2.28. The molecule has 1 fully saturated rings. The summed E-state index contributed by atoms with van der Waals surface area (Å²) in [6, 6.07) is 8.48. The molecule has 0 radical (unpaired) electrons. The summed E-state index contributed by atoms with van der Waals surface area (Å²) < 4.78 is 0. The molecule has 1 aliphatic rings. The Morgan fingerprint density at radius 2 is 2.14 bits per heavy atom. The van der Waals surface area contributed by atoms with Crippen LogP contribution in [0.4, 0.5) is 0 Å². The fraction of sp³-hybridized carbons (Fsp3) is 0.471. The number of aromatic nitrogens is 1. The van der Waals surface area contributed by atoms with E-state index in [2.05, 4.69) is 34.9 Å². The van der Waals surface area contributed by atoms with Crippen LogP contribution in [-0.4, -0.2) is 59.7 Å². The molecular weight excluding hydrogens is 262 g/mol. The average Bonchev–Trinajstić information content (AvgIpc) is 2.50. The molecule has 3 rings (SSSR count). The van der Waals surface area contributed by atoms with Gasteiger partial charge in [-0.1, -0.05) is 18.2 Å². The molecule has 0 aliphatic carbocycles. The van der Waals surface area contributed by atoms with Crippen LogP contribution in [0.15, 0.2) is 36.7 Å². The monoisotopic (exact) mass is 285 g/mol. The van der Waals surface area contributed by atoms with E-state index < -0.39 is 6.10 Å². The molecule has 0 spiro atoms.